The fraction of sp³-hybridized carbons (Fsp3) is 0.462. The molecule has 0 aromatic carbocycles. The lowest BCUT2D eigenvalue weighted by Gasteiger charge is -2.18. The Kier molecular flexibility index (Phi) is 2.56. The number of fused-ring (bicyclic) bond motifs is 1. The van der Waals surface area contributed by atoms with E-state index in [-0.39, 0.29) is 0 Å². The second-order valence-corrected chi connectivity index (χ2v) is 5.73. The van der Waals surface area contributed by atoms with Gasteiger partial charge in [-0.3, -0.25) is 0 Å². The van der Waals surface area contributed by atoms with Gasteiger partial charge in [0.25, 0.3) is 0 Å². The van der Waals surface area contributed by atoms with Crippen molar-refractivity contribution in [3.05, 3.63) is 40.1 Å². The SMILES string of the molecule is CC1CCn2cc(Cc3cccs3)nc2C1. The normalized spacial score (nSPS) is 19.7. The summed E-state index contributed by atoms with van der Waals surface area (Å²) in [6.45, 7) is 3.46. The minimum atomic E-state index is 0.796. The third kappa shape index (κ3) is 1.92. The van der Waals surface area contributed by atoms with E-state index in [2.05, 4.69) is 35.2 Å². The first-order valence-electron chi connectivity index (χ1n) is 5.88. The van der Waals surface area contributed by atoms with E-state index in [1.54, 1.807) is 0 Å². The van der Waals surface area contributed by atoms with Crippen LogP contribution in [0.3, 0.4) is 0 Å². The fourth-order valence-corrected chi connectivity index (χ4v) is 3.04. The number of hydrogen-bond donors (Lipinski definition) is 0. The van der Waals surface area contributed by atoms with Crippen LogP contribution < -0.4 is 0 Å². The molecule has 3 heterocycles. The Morgan fingerprint density at radius 1 is 1.56 bits per heavy atom. The Labute approximate surface area is 100.0 Å². The lowest BCUT2D eigenvalue weighted by molar-refractivity contribution is 0.409. The smallest absolute Gasteiger partial charge is 0.109 e. The third-order valence-corrected chi connectivity index (χ3v) is 4.11. The van der Waals surface area contributed by atoms with E-state index in [4.69, 9.17) is 4.98 Å². The molecule has 1 atom stereocenters. The lowest BCUT2D eigenvalue weighted by atomic mass is 10.0. The van der Waals surface area contributed by atoms with Crippen molar-refractivity contribution >= 4 is 11.3 Å². The van der Waals surface area contributed by atoms with Crippen LogP contribution in [-0.2, 0) is 19.4 Å². The molecule has 0 fully saturated rings. The molecule has 1 unspecified atom stereocenters. The van der Waals surface area contributed by atoms with Crippen LogP contribution in [0.4, 0.5) is 0 Å². The van der Waals surface area contributed by atoms with Crippen molar-refractivity contribution in [3.63, 3.8) is 0 Å². The van der Waals surface area contributed by atoms with Crippen molar-refractivity contribution < 1.29 is 0 Å². The van der Waals surface area contributed by atoms with E-state index in [0.29, 0.717) is 0 Å². The Morgan fingerprint density at radius 3 is 3.31 bits per heavy atom. The molecule has 0 amide bonds. The lowest BCUT2D eigenvalue weighted by Crippen LogP contribution is -2.16. The van der Waals surface area contributed by atoms with Crippen molar-refractivity contribution in [3.8, 4) is 0 Å². The van der Waals surface area contributed by atoms with Crippen molar-refractivity contribution in [2.75, 3.05) is 0 Å². The van der Waals surface area contributed by atoms with Gasteiger partial charge in [0.15, 0.2) is 0 Å². The average Bonchev–Trinajstić information content (AvgIpc) is 2.86. The molecular formula is C13H16N2S. The van der Waals surface area contributed by atoms with Gasteiger partial charge in [-0.15, -0.1) is 11.3 Å². The molecule has 16 heavy (non-hydrogen) atoms. The topological polar surface area (TPSA) is 17.8 Å². The zero-order valence-corrected chi connectivity index (χ0v) is 10.3. The minimum absolute atomic E-state index is 0.796. The van der Waals surface area contributed by atoms with E-state index in [9.17, 15) is 0 Å². The average molecular weight is 232 g/mol. The van der Waals surface area contributed by atoms with Gasteiger partial charge in [-0.25, -0.2) is 4.98 Å². The molecule has 3 heteroatoms. The highest BCUT2D eigenvalue weighted by atomic mass is 32.1. The van der Waals surface area contributed by atoms with Gasteiger partial charge >= 0.3 is 0 Å². The van der Waals surface area contributed by atoms with Crippen molar-refractivity contribution in [2.45, 2.75) is 32.7 Å². The van der Waals surface area contributed by atoms with Gasteiger partial charge in [0.1, 0.15) is 5.82 Å². The van der Waals surface area contributed by atoms with Crippen LogP contribution in [-0.4, -0.2) is 9.55 Å². The summed E-state index contributed by atoms with van der Waals surface area (Å²) < 4.78 is 2.34. The van der Waals surface area contributed by atoms with Gasteiger partial charge in [0.05, 0.1) is 5.69 Å². The summed E-state index contributed by atoms with van der Waals surface area (Å²) in [5.41, 5.74) is 1.23. The van der Waals surface area contributed by atoms with Gasteiger partial charge in [0, 0.05) is 30.5 Å². The first kappa shape index (κ1) is 10.1. The highest BCUT2D eigenvalue weighted by Gasteiger charge is 2.17. The van der Waals surface area contributed by atoms with Crippen LogP contribution in [0, 0.1) is 5.92 Å². The number of rotatable bonds is 2. The Balaban J connectivity index is 1.82. The number of hydrogen-bond acceptors (Lipinski definition) is 2. The molecule has 2 aromatic rings. The second kappa shape index (κ2) is 4.06. The number of nitrogens with zero attached hydrogens (tertiary/aromatic N) is 2. The van der Waals surface area contributed by atoms with Crippen LogP contribution >= 0.6 is 11.3 Å². The maximum atomic E-state index is 4.75. The van der Waals surface area contributed by atoms with Gasteiger partial charge < -0.3 is 4.57 Å². The summed E-state index contributed by atoms with van der Waals surface area (Å²) >= 11 is 1.81. The third-order valence-electron chi connectivity index (χ3n) is 3.24. The summed E-state index contributed by atoms with van der Waals surface area (Å²) in [7, 11) is 0. The van der Waals surface area contributed by atoms with Gasteiger partial charge in [-0.1, -0.05) is 13.0 Å². The van der Waals surface area contributed by atoms with Gasteiger partial charge in [-0.2, -0.15) is 0 Å². The molecule has 3 rings (SSSR count). The molecule has 0 N–H and O–H groups in total. The van der Waals surface area contributed by atoms with E-state index in [1.807, 2.05) is 11.3 Å². The molecule has 2 nitrogen and oxygen atoms in total. The van der Waals surface area contributed by atoms with Gasteiger partial charge in [-0.05, 0) is 23.8 Å². The Morgan fingerprint density at radius 2 is 2.50 bits per heavy atom. The van der Waals surface area contributed by atoms with E-state index in [0.717, 1.165) is 25.3 Å². The molecule has 2 aromatic heterocycles. The molecule has 0 bridgehead atoms. The molecular weight excluding hydrogens is 216 g/mol. The van der Waals surface area contributed by atoms with Crippen LogP contribution in [0.5, 0.6) is 0 Å². The molecule has 1 aliphatic rings. The van der Waals surface area contributed by atoms with E-state index in [1.165, 1.54) is 22.8 Å². The Hall–Kier alpha value is -1.09. The molecule has 0 aliphatic carbocycles. The van der Waals surface area contributed by atoms with Crippen molar-refractivity contribution in [2.24, 2.45) is 5.92 Å². The molecule has 0 radical (unpaired) electrons. The predicted molar refractivity (Wildman–Crippen MR) is 66.8 cm³/mol. The van der Waals surface area contributed by atoms with Crippen molar-refractivity contribution in [1.29, 1.82) is 0 Å². The summed E-state index contributed by atoms with van der Waals surface area (Å²) in [6, 6.07) is 4.30. The molecule has 1 aliphatic heterocycles. The van der Waals surface area contributed by atoms with Crippen LogP contribution in [0.15, 0.2) is 23.7 Å². The number of imidazole rings is 1. The molecule has 0 saturated carbocycles. The predicted octanol–water partition coefficient (Wildman–Crippen LogP) is 3.12. The van der Waals surface area contributed by atoms with E-state index < -0.39 is 0 Å². The van der Waals surface area contributed by atoms with Crippen molar-refractivity contribution in [1.82, 2.24) is 9.55 Å². The number of aryl methyl sites for hydroxylation is 1. The standard InChI is InChI=1S/C13H16N2S/c1-10-4-5-15-9-11(14-13(15)7-10)8-12-3-2-6-16-12/h2-3,6,9-10H,4-5,7-8H2,1H3. The number of thiophene rings is 1. The summed E-state index contributed by atoms with van der Waals surface area (Å²) in [6.07, 6.45) is 5.67. The highest BCUT2D eigenvalue weighted by molar-refractivity contribution is 7.09. The second-order valence-electron chi connectivity index (χ2n) is 4.70. The Bertz CT molecular complexity index is 470. The largest absolute Gasteiger partial charge is 0.335 e. The first-order chi connectivity index (χ1) is 7.81. The maximum Gasteiger partial charge on any atom is 0.109 e. The van der Waals surface area contributed by atoms with Gasteiger partial charge in [0.2, 0.25) is 0 Å². The summed E-state index contributed by atoms with van der Waals surface area (Å²) in [5, 5.41) is 2.13. The fourth-order valence-electron chi connectivity index (χ4n) is 2.32. The molecule has 84 valence electrons. The zero-order chi connectivity index (χ0) is 11.0. The summed E-state index contributed by atoms with van der Waals surface area (Å²) in [5.74, 6) is 2.08. The maximum absolute atomic E-state index is 4.75. The molecule has 0 spiro atoms. The zero-order valence-electron chi connectivity index (χ0n) is 9.52. The first-order valence-corrected chi connectivity index (χ1v) is 6.76. The summed E-state index contributed by atoms with van der Waals surface area (Å²) in [4.78, 5) is 6.15. The van der Waals surface area contributed by atoms with E-state index >= 15 is 0 Å². The molecule has 0 saturated heterocycles. The van der Waals surface area contributed by atoms with Crippen LogP contribution in [0.25, 0.3) is 0 Å². The van der Waals surface area contributed by atoms with Crippen LogP contribution in [0.2, 0.25) is 0 Å². The van der Waals surface area contributed by atoms with Crippen LogP contribution in [0.1, 0.15) is 29.7 Å². The number of aromatic nitrogens is 2. The quantitative estimate of drug-likeness (QED) is 0.778. The monoisotopic (exact) mass is 232 g/mol. The minimum Gasteiger partial charge on any atom is -0.335 e. The highest BCUT2D eigenvalue weighted by Crippen LogP contribution is 2.21.